The predicted octanol–water partition coefficient (Wildman–Crippen LogP) is 2.30. The van der Waals surface area contributed by atoms with Gasteiger partial charge in [0.2, 0.25) is 0 Å². The highest BCUT2D eigenvalue weighted by Crippen LogP contribution is 2.45. The van der Waals surface area contributed by atoms with E-state index in [1.807, 2.05) is 6.07 Å². The molecule has 0 fully saturated rings. The summed E-state index contributed by atoms with van der Waals surface area (Å²) in [5, 5.41) is 14.6. The molecule has 3 rings (SSSR count). The quantitative estimate of drug-likeness (QED) is 0.844. The molecular formula is C16H18NO2-. The zero-order valence-corrected chi connectivity index (χ0v) is 11.1. The zero-order valence-electron chi connectivity index (χ0n) is 11.1. The molecule has 1 aliphatic carbocycles. The summed E-state index contributed by atoms with van der Waals surface area (Å²) in [5.41, 5.74) is 2.46. The van der Waals surface area contributed by atoms with Crippen LogP contribution in [0.25, 0.3) is 0 Å². The molecule has 3 heteroatoms. The van der Waals surface area contributed by atoms with E-state index in [9.17, 15) is 9.90 Å². The normalized spacial score (nSPS) is 27.5. The highest BCUT2D eigenvalue weighted by Gasteiger charge is 2.36. The fourth-order valence-corrected chi connectivity index (χ4v) is 3.42. The number of anilines is 1. The van der Waals surface area contributed by atoms with Crippen molar-refractivity contribution in [3.63, 3.8) is 0 Å². The monoisotopic (exact) mass is 256 g/mol. The average Bonchev–Trinajstić information content (AvgIpc) is 2.88. The Morgan fingerprint density at radius 1 is 1.47 bits per heavy atom. The summed E-state index contributed by atoms with van der Waals surface area (Å²) < 4.78 is 0. The van der Waals surface area contributed by atoms with E-state index in [0.29, 0.717) is 17.9 Å². The van der Waals surface area contributed by atoms with Gasteiger partial charge in [-0.15, -0.1) is 0 Å². The molecule has 0 bridgehead atoms. The maximum atomic E-state index is 11.0. The van der Waals surface area contributed by atoms with E-state index in [1.165, 1.54) is 0 Å². The molecule has 0 aromatic heterocycles. The summed E-state index contributed by atoms with van der Waals surface area (Å²) in [4.78, 5) is 11.0. The molecule has 0 saturated carbocycles. The number of fused-ring (bicyclic) bond motifs is 3. The zero-order chi connectivity index (χ0) is 13.4. The van der Waals surface area contributed by atoms with Crippen LogP contribution in [0.2, 0.25) is 0 Å². The number of benzene rings is 1. The smallest absolute Gasteiger partial charge is 0.0715 e. The molecule has 1 N–H and O–H groups in total. The Balaban J connectivity index is 2.00. The van der Waals surface area contributed by atoms with Crippen LogP contribution in [0.4, 0.5) is 5.69 Å². The third-order valence-corrected chi connectivity index (χ3v) is 4.32. The van der Waals surface area contributed by atoms with Gasteiger partial charge in [-0.2, -0.15) is 0 Å². The SMILES string of the molecule is CCC[C@H]1Nc2ccc(C(=O)[O-])cc2[C@H]2C=CC[C@@H]21. The molecule has 1 aromatic rings. The van der Waals surface area contributed by atoms with Crippen molar-refractivity contribution < 1.29 is 9.90 Å². The number of carbonyl (C=O) groups is 1. The lowest BCUT2D eigenvalue weighted by Gasteiger charge is -2.37. The first-order valence-corrected chi connectivity index (χ1v) is 6.99. The van der Waals surface area contributed by atoms with Crippen LogP contribution in [0, 0.1) is 5.92 Å². The molecule has 100 valence electrons. The lowest BCUT2D eigenvalue weighted by atomic mass is 9.77. The van der Waals surface area contributed by atoms with Gasteiger partial charge in [-0.05, 0) is 42.0 Å². The minimum atomic E-state index is -1.10. The van der Waals surface area contributed by atoms with Gasteiger partial charge in [-0.3, -0.25) is 0 Å². The van der Waals surface area contributed by atoms with Gasteiger partial charge in [-0.1, -0.05) is 31.6 Å². The van der Waals surface area contributed by atoms with Gasteiger partial charge in [-0.25, -0.2) is 0 Å². The van der Waals surface area contributed by atoms with Crippen LogP contribution in [0.15, 0.2) is 30.4 Å². The first-order chi connectivity index (χ1) is 9.20. The van der Waals surface area contributed by atoms with Crippen molar-refractivity contribution in [2.45, 2.75) is 38.1 Å². The van der Waals surface area contributed by atoms with E-state index in [4.69, 9.17) is 0 Å². The Morgan fingerprint density at radius 3 is 3.05 bits per heavy atom. The van der Waals surface area contributed by atoms with Gasteiger partial charge in [0.25, 0.3) is 0 Å². The number of hydrogen-bond donors (Lipinski definition) is 1. The van der Waals surface area contributed by atoms with Crippen LogP contribution < -0.4 is 10.4 Å². The summed E-state index contributed by atoms with van der Waals surface area (Å²) in [5.74, 6) is -0.187. The first kappa shape index (κ1) is 12.3. The van der Waals surface area contributed by atoms with Gasteiger partial charge < -0.3 is 15.2 Å². The number of carboxylic acid groups (broad SMARTS) is 1. The second-order valence-electron chi connectivity index (χ2n) is 5.48. The van der Waals surface area contributed by atoms with Crippen LogP contribution in [0.3, 0.4) is 0 Å². The Hall–Kier alpha value is -1.77. The van der Waals surface area contributed by atoms with Crippen LogP contribution in [-0.4, -0.2) is 12.0 Å². The van der Waals surface area contributed by atoms with Crippen molar-refractivity contribution in [1.82, 2.24) is 0 Å². The average molecular weight is 256 g/mol. The largest absolute Gasteiger partial charge is 0.545 e. The maximum Gasteiger partial charge on any atom is 0.0715 e. The van der Waals surface area contributed by atoms with E-state index in [1.54, 1.807) is 12.1 Å². The Bertz CT molecular complexity index is 536. The van der Waals surface area contributed by atoms with Crippen molar-refractivity contribution in [2.75, 3.05) is 5.32 Å². The molecule has 3 nitrogen and oxygen atoms in total. The number of nitrogens with one attached hydrogen (secondary N) is 1. The standard InChI is InChI=1S/C16H19NO2/c1-2-4-14-12-6-3-5-11(12)13-9-10(16(18)19)7-8-15(13)17-14/h3,5,7-9,11-12,14,17H,2,4,6H2,1H3,(H,18,19)/p-1/t11-,12-,14+/m0/s1. The molecule has 1 aliphatic heterocycles. The van der Waals surface area contributed by atoms with Crippen LogP contribution in [0.1, 0.15) is 48.0 Å². The third kappa shape index (κ3) is 2.03. The van der Waals surface area contributed by atoms with E-state index < -0.39 is 5.97 Å². The lowest BCUT2D eigenvalue weighted by Crippen LogP contribution is -2.36. The molecule has 0 amide bonds. The summed E-state index contributed by atoms with van der Waals surface area (Å²) in [6.45, 7) is 2.20. The molecule has 1 aromatic carbocycles. The molecule has 3 atom stereocenters. The second kappa shape index (κ2) is 4.72. The van der Waals surface area contributed by atoms with Gasteiger partial charge in [0, 0.05) is 17.6 Å². The fraction of sp³-hybridized carbons (Fsp3) is 0.438. The Kier molecular flexibility index (Phi) is 3.05. The van der Waals surface area contributed by atoms with Crippen LogP contribution >= 0.6 is 0 Å². The molecule has 19 heavy (non-hydrogen) atoms. The predicted molar refractivity (Wildman–Crippen MR) is 73.1 cm³/mol. The van der Waals surface area contributed by atoms with E-state index in [0.717, 1.165) is 30.5 Å². The van der Waals surface area contributed by atoms with Crippen molar-refractivity contribution in [3.05, 3.63) is 41.5 Å². The number of rotatable bonds is 3. The molecule has 0 radical (unpaired) electrons. The lowest BCUT2D eigenvalue weighted by molar-refractivity contribution is -0.255. The fourth-order valence-electron chi connectivity index (χ4n) is 3.42. The summed E-state index contributed by atoms with van der Waals surface area (Å²) >= 11 is 0. The summed E-state index contributed by atoms with van der Waals surface area (Å²) in [6, 6.07) is 5.77. The first-order valence-electron chi connectivity index (χ1n) is 6.99. The molecule has 2 aliphatic rings. The van der Waals surface area contributed by atoms with Crippen molar-refractivity contribution in [2.24, 2.45) is 5.92 Å². The summed E-state index contributed by atoms with van der Waals surface area (Å²) in [6.07, 6.45) is 7.85. The minimum Gasteiger partial charge on any atom is -0.545 e. The Morgan fingerprint density at radius 2 is 2.32 bits per heavy atom. The highest BCUT2D eigenvalue weighted by atomic mass is 16.4. The molecular weight excluding hydrogens is 238 g/mol. The number of aromatic carboxylic acids is 1. The topological polar surface area (TPSA) is 52.2 Å². The highest BCUT2D eigenvalue weighted by molar-refractivity contribution is 5.87. The van der Waals surface area contributed by atoms with Crippen LogP contribution in [0.5, 0.6) is 0 Å². The second-order valence-corrected chi connectivity index (χ2v) is 5.48. The molecule has 0 unspecified atom stereocenters. The number of hydrogen-bond acceptors (Lipinski definition) is 3. The summed E-state index contributed by atoms with van der Waals surface area (Å²) in [7, 11) is 0. The van der Waals surface area contributed by atoms with Crippen molar-refractivity contribution in [1.29, 1.82) is 0 Å². The van der Waals surface area contributed by atoms with Crippen LogP contribution in [-0.2, 0) is 0 Å². The molecule has 0 spiro atoms. The number of allylic oxidation sites excluding steroid dienone is 2. The van der Waals surface area contributed by atoms with Crippen molar-refractivity contribution in [3.8, 4) is 0 Å². The van der Waals surface area contributed by atoms with Gasteiger partial charge in [0.15, 0.2) is 0 Å². The van der Waals surface area contributed by atoms with E-state index in [2.05, 4.69) is 24.4 Å². The van der Waals surface area contributed by atoms with Gasteiger partial charge in [0.1, 0.15) is 0 Å². The maximum absolute atomic E-state index is 11.0. The van der Waals surface area contributed by atoms with E-state index in [-0.39, 0.29) is 5.56 Å². The molecule has 1 heterocycles. The van der Waals surface area contributed by atoms with Crippen molar-refractivity contribution >= 4 is 11.7 Å². The minimum absolute atomic E-state index is 0.272. The van der Waals surface area contributed by atoms with Gasteiger partial charge in [0.05, 0.1) is 5.97 Å². The number of carbonyl (C=O) groups excluding carboxylic acids is 1. The number of carboxylic acids is 1. The third-order valence-electron chi connectivity index (χ3n) is 4.32. The van der Waals surface area contributed by atoms with Gasteiger partial charge >= 0.3 is 0 Å². The molecule has 0 saturated heterocycles. The van der Waals surface area contributed by atoms with E-state index >= 15 is 0 Å². The Labute approximate surface area is 113 Å².